The van der Waals surface area contributed by atoms with Crippen LogP contribution in [-0.2, 0) is 11.2 Å². The molecular formula is C18H15F2N3O. The number of aromatic amines is 1. The number of amides is 1. The van der Waals surface area contributed by atoms with E-state index in [0.29, 0.717) is 12.0 Å². The summed E-state index contributed by atoms with van der Waals surface area (Å²) in [5, 5.41) is 4.51. The molecule has 1 amide bonds. The molecule has 0 aliphatic carbocycles. The van der Waals surface area contributed by atoms with Gasteiger partial charge in [-0.05, 0) is 36.2 Å². The molecule has 4 nitrogen and oxygen atoms in total. The highest BCUT2D eigenvalue weighted by molar-refractivity contribution is 5.85. The molecule has 2 aromatic carbocycles. The second-order valence-electron chi connectivity index (χ2n) is 5.32. The first-order valence-electron chi connectivity index (χ1n) is 7.45. The van der Waals surface area contributed by atoms with Crippen LogP contribution in [0.5, 0.6) is 0 Å². The van der Waals surface area contributed by atoms with Gasteiger partial charge in [0.1, 0.15) is 11.6 Å². The van der Waals surface area contributed by atoms with Crippen molar-refractivity contribution in [2.24, 2.45) is 5.10 Å². The average Bonchev–Trinajstić information content (AvgIpc) is 2.97. The first-order chi connectivity index (χ1) is 11.6. The Morgan fingerprint density at radius 1 is 1.21 bits per heavy atom. The molecule has 0 bridgehead atoms. The van der Waals surface area contributed by atoms with Crippen LogP contribution in [0.15, 0.2) is 53.8 Å². The fourth-order valence-electron chi connectivity index (χ4n) is 2.42. The molecule has 0 spiro atoms. The van der Waals surface area contributed by atoms with Crippen LogP contribution in [0.25, 0.3) is 10.9 Å². The SMILES string of the molecule is O=C(CCc1c[nH]c2ccc(F)cc12)N/N=C/c1ccccc1F. The fourth-order valence-corrected chi connectivity index (χ4v) is 2.42. The van der Waals surface area contributed by atoms with Gasteiger partial charge in [-0.3, -0.25) is 4.79 Å². The molecule has 3 rings (SSSR count). The van der Waals surface area contributed by atoms with Crippen molar-refractivity contribution in [3.8, 4) is 0 Å². The van der Waals surface area contributed by atoms with Crippen LogP contribution in [0.2, 0.25) is 0 Å². The molecule has 6 heteroatoms. The Balaban J connectivity index is 1.57. The predicted molar refractivity (Wildman–Crippen MR) is 88.7 cm³/mol. The van der Waals surface area contributed by atoms with E-state index in [0.717, 1.165) is 16.5 Å². The number of H-pyrrole nitrogens is 1. The fraction of sp³-hybridized carbons (Fsp3) is 0.111. The smallest absolute Gasteiger partial charge is 0.240 e. The van der Waals surface area contributed by atoms with Crippen LogP contribution in [-0.4, -0.2) is 17.1 Å². The molecule has 0 atom stereocenters. The molecule has 0 radical (unpaired) electrons. The average molecular weight is 327 g/mol. The van der Waals surface area contributed by atoms with Gasteiger partial charge in [0.2, 0.25) is 5.91 Å². The maximum atomic E-state index is 13.4. The highest BCUT2D eigenvalue weighted by Crippen LogP contribution is 2.20. The number of benzene rings is 2. The number of hydrogen-bond acceptors (Lipinski definition) is 2. The molecule has 24 heavy (non-hydrogen) atoms. The Morgan fingerprint density at radius 2 is 2.04 bits per heavy atom. The van der Waals surface area contributed by atoms with Crippen molar-refractivity contribution >= 4 is 23.0 Å². The van der Waals surface area contributed by atoms with Crippen molar-refractivity contribution in [1.29, 1.82) is 0 Å². The molecule has 1 heterocycles. The van der Waals surface area contributed by atoms with Crippen molar-refractivity contribution in [2.45, 2.75) is 12.8 Å². The molecule has 0 saturated heterocycles. The van der Waals surface area contributed by atoms with E-state index in [9.17, 15) is 13.6 Å². The van der Waals surface area contributed by atoms with Gasteiger partial charge >= 0.3 is 0 Å². The lowest BCUT2D eigenvalue weighted by atomic mass is 10.1. The molecule has 0 aliphatic rings. The van der Waals surface area contributed by atoms with Crippen molar-refractivity contribution < 1.29 is 13.6 Å². The standard InChI is InChI=1S/C18H15F2N3O/c19-14-6-7-17-15(9-14)12(10-21-17)5-8-18(24)23-22-11-13-3-1-2-4-16(13)20/h1-4,6-7,9-11,21H,5,8H2,(H,23,24)/b22-11+. The second kappa shape index (κ2) is 7.04. The summed E-state index contributed by atoms with van der Waals surface area (Å²) in [6, 6.07) is 10.6. The van der Waals surface area contributed by atoms with Crippen molar-refractivity contribution in [3.63, 3.8) is 0 Å². The lowest BCUT2D eigenvalue weighted by Crippen LogP contribution is -2.17. The third-order valence-electron chi connectivity index (χ3n) is 3.65. The van der Waals surface area contributed by atoms with Gasteiger partial charge in [-0.1, -0.05) is 18.2 Å². The van der Waals surface area contributed by atoms with Crippen LogP contribution in [0, 0.1) is 11.6 Å². The molecule has 0 fully saturated rings. The van der Waals surface area contributed by atoms with E-state index in [1.165, 1.54) is 24.4 Å². The number of hydrogen-bond donors (Lipinski definition) is 2. The van der Waals surface area contributed by atoms with Gasteiger partial charge in [-0.2, -0.15) is 5.10 Å². The van der Waals surface area contributed by atoms with E-state index in [-0.39, 0.29) is 18.1 Å². The summed E-state index contributed by atoms with van der Waals surface area (Å²) in [6.45, 7) is 0. The number of halogens is 2. The van der Waals surface area contributed by atoms with Crippen LogP contribution in [0.1, 0.15) is 17.5 Å². The van der Waals surface area contributed by atoms with E-state index >= 15 is 0 Å². The zero-order chi connectivity index (χ0) is 16.9. The number of rotatable bonds is 5. The lowest BCUT2D eigenvalue weighted by molar-refractivity contribution is -0.121. The quantitative estimate of drug-likeness (QED) is 0.547. The number of hydrazone groups is 1. The number of fused-ring (bicyclic) bond motifs is 1. The summed E-state index contributed by atoms with van der Waals surface area (Å²) in [7, 11) is 0. The summed E-state index contributed by atoms with van der Waals surface area (Å²) < 4.78 is 26.7. The maximum Gasteiger partial charge on any atom is 0.240 e. The zero-order valence-electron chi connectivity index (χ0n) is 12.7. The lowest BCUT2D eigenvalue weighted by Gasteiger charge is -2.00. The van der Waals surface area contributed by atoms with Crippen molar-refractivity contribution in [1.82, 2.24) is 10.4 Å². The molecule has 122 valence electrons. The van der Waals surface area contributed by atoms with E-state index in [4.69, 9.17) is 0 Å². The predicted octanol–water partition coefficient (Wildman–Crippen LogP) is 3.53. The first kappa shape index (κ1) is 15.9. The monoisotopic (exact) mass is 327 g/mol. The molecule has 2 N–H and O–H groups in total. The van der Waals surface area contributed by atoms with Crippen molar-refractivity contribution in [2.75, 3.05) is 0 Å². The minimum absolute atomic E-state index is 0.193. The van der Waals surface area contributed by atoms with E-state index in [2.05, 4.69) is 15.5 Å². The summed E-state index contributed by atoms with van der Waals surface area (Å²) in [5.41, 5.74) is 4.34. The van der Waals surface area contributed by atoms with Crippen LogP contribution >= 0.6 is 0 Å². The highest BCUT2D eigenvalue weighted by Gasteiger charge is 2.07. The Kier molecular flexibility index (Phi) is 4.65. The van der Waals surface area contributed by atoms with Gasteiger partial charge in [0.25, 0.3) is 0 Å². The third-order valence-corrected chi connectivity index (χ3v) is 3.65. The first-order valence-corrected chi connectivity index (χ1v) is 7.45. The van der Waals surface area contributed by atoms with E-state index < -0.39 is 5.82 Å². The molecular weight excluding hydrogens is 312 g/mol. The highest BCUT2D eigenvalue weighted by atomic mass is 19.1. The number of carbonyl (C=O) groups is 1. The Bertz CT molecular complexity index is 902. The zero-order valence-corrected chi connectivity index (χ0v) is 12.7. The molecule has 0 saturated carbocycles. The number of aryl methyl sites for hydroxylation is 1. The van der Waals surface area contributed by atoms with Crippen LogP contribution in [0.4, 0.5) is 8.78 Å². The number of nitrogens with one attached hydrogen (secondary N) is 2. The van der Waals surface area contributed by atoms with E-state index in [1.54, 1.807) is 30.5 Å². The molecule has 0 aliphatic heterocycles. The summed E-state index contributed by atoms with van der Waals surface area (Å²) >= 11 is 0. The minimum atomic E-state index is -0.406. The maximum absolute atomic E-state index is 13.4. The van der Waals surface area contributed by atoms with Gasteiger partial charge in [-0.15, -0.1) is 0 Å². The number of nitrogens with zero attached hydrogens (tertiary/aromatic N) is 1. The molecule has 1 aromatic heterocycles. The van der Waals surface area contributed by atoms with Gasteiger partial charge < -0.3 is 4.98 Å². The van der Waals surface area contributed by atoms with Crippen LogP contribution in [0.3, 0.4) is 0 Å². The molecule has 0 unspecified atom stereocenters. The largest absolute Gasteiger partial charge is 0.361 e. The number of aromatic nitrogens is 1. The Labute approximate surface area is 137 Å². The van der Waals surface area contributed by atoms with Gasteiger partial charge in [0, 0.05) is 29.1 Å². The van der Waals surface area contributed by atoms with Gasteiger partial charge in [0.15, 0.2) is 0 Å². The third kappa shape index (κ3) is 3.65. The van der Waals surface area contributed by atoms with Gasteiger partial charge in [0.05, 0.1) is 6.21 Å². The summed E-state index contributed by atoms with van der Waals surface area (Å²) in [6.07, 6.45) is 3.66. The normalized spacial score (nSPS) is 11.2. The minimum Gasteiger partial charge on any atom is -0.361 e. The van der Waals surface area contributed by atoms with E-state index in [1.807, 2.05) is 0 Å². The topological polar surface area (TPSA) is 57.2 Å². The van der Waals surface area contributed by atoms with Crippen LogP contribution < -0.4 is 5.43 Å². The Hall–Kier alpha value is -3.02. The van der Waals surface area contributed by atoms with Crippen molar-refractivity contribution in [3.05, 3.63) is 71.4 Å². The summed E-state index contributed by atoms with van der Waals surface area (Å²) in [4.78, 5) is 14.9. The summed E-state index contributed by atoms with van der Waals surface area (Å²) in [5.74, 6) is -1.02. The van der Waals surface area contributed by atoms with Gasteiger partial charge in [-0.25, -0.2) is 14.2 Å². The second-order valence-corrected chi connectivity index (χ2v) is 5.32. The molecule has 3 aromatic rings. The number of carbonyl (C=O) groups excluding carboxylic acids is 1. The Morgan fingerprint density at radius 3 is 2.88 bits per heavy atom.